The van der Waals surface area contributed by atoms with Crippen molar-refractivity contribution in [3.63, 3.8) is 0 Å². The smallest absolute Gasteiger partial charge is 0.308 e. The van der Waals surface area contributed by atoms with Crippen LogP contribution in [0.15, 0.2) is 0 Å². The van der Waals surface area contributed by atoms with Gasteiger partial charge < -0.3 is 15.2 Å². The van der Waals surface area contributed by atoms with Gasteiger partial charge in [-0.15, -0.1) is 0 Å². The Kier molecular flexibility index (Phi) is 6.70. The molecular weight excluding hydrogens is 198 g/mol. The third-order valence-electron chi connectivity index (χ3n) is 2.07. The molecule has 0 bridgehead atoms. The van der Waals surface area contributed by atoms with Gasteiger partial charge in [-0.1, -0.05) is 13.8 Å². The summed E-state index contributed by atoms with van der Waals surface area (Å²) in [6, 6.07) is -0.518. The van der Waals surface area contributed by atoms with Gasteiger partial charge in [0.1, 0.15) is 6.61 Å². The molecule has 0 aromatic heterocycles. The Morgan fingerprint density at radius 1 is 1.47 bits per heavy atom. The van der Waals surface area contributed by atoms with E-state index in [1.165, 1.54) is 6.92 Å². The highest BCUT2D eigenvalue weighted by atomic mass is 16.5. The van der Waals surface area contributed by atoms with E-state index in [4.69, 9.17) is 9.84 Å². The number of carbonyl (C=O) groups is 2. The summed E-state index contributed by atoms with van der Waals surface area (Å²) in [5.41, 5.74) is 0. The summed E-state index contributed by atoms with van der Waals surface area (Å²) < 4.78 is 4.93. The first-order valence-electron chi connectivity index (χ1n) is 5.05. The van der Waals surface area contributed by atoms with E-state index in [2.05, 4.69) is 5.32 Å². The molecule has 2 unspecified atom stereocenters. The Hall–Kier alpha value is -1.10. The monoisotopic (exact) mass is 217 g/mol. The lowest BCUT2D eigenvalue weighted by Crippen LogP contribution is -2.40. The lowest BCUT2D eigenvalue weighted by atomic mass is 10.1. The number of hydrogen-bond acceptors (Lipinski definition) is 4. The number of amides is 1. The van der Waals surface area contributed by atoms with Crippen molar-refractivity contribution in [1.82, 2.24) is 5.32 Å². The van der Waals surface area contributed by atoms with Gasteiger partial charge in [0.05, 0.1) is 18.6 Å². The summed E-state index contributed by atoms with van der Waals surface area (Å²) in [6.45, 7) is 4.78. The van der Waals surface area contributed by atoms with E-state index in [1.807, 2.05) is 6.92 Å². The van der Waals surface area contributed by atoms with E-state index in [1.54, 1.807) is 6.92 Å². The highest BCUT2D eigenvalue weighted by Gasteiger charge is 2.15. The first-order valence-corrected chi connectivity index (χ1v) is 5.05. The molecule has 5 heteroatoms. The normalized spacial score (nSPS) is 14.1. The van der Waals surface area contributed by atoms with Crippen LogP contribution in [0, 0.1) is 5.92 Å². The van der Waals surface area contributed by atoms with E-state index >= 15 is 0 Å². The average molecular weight is 217 g/mol. The highest BCUT2D eigenvalue weighted by molar-refractivity contribution is 5.73. The fourth-order valence-electron chi connectivity index (χ4n) is 0.919. The van der Waals surface area contributed by atoms with Gasteiger partial charge in [0.15, 0.2) is 0 Å². The minimum atomic E-state index is -0.518. The second-order valence-corrected chi connectivity index (χ2v) is 3.52. The van der Waals surface area contributed by atoms with Gasteiger partial charge >= 0.3 is 5.97 Å². The molecule has 0 saturated heterocycles. The van der Waals surface area contributed by atoms with Crippen LogP contribution in [0.3, 0.4) is 0 Å². The predicted octanol–water partition coefficient (Wildman–Crippen LogP) is 0.0727. The van der Waals surface area contributed by atoms with Gasteiger partial charge in [0.25, 0.3) is 0 Å². The number of ether oxygens (including phenoxy) is 1. The number of rotatable bonds is 6. The summed E-state index contributed by atoms with van der Waals surface area (Å²) in [6.07, 6.45) is 0.711. The average Bonchev–Trinajstić information content (AvgIpc) is 2.21. The largest absolute Gasteiger partial charge is 0.463 e. The molecule has 0 radical (unpaired) electrons. The van der Waals surface area contributed by atoms with Gasteiger partial charge in [-0.3, -0.25) is 9.59 Å². The Bertz CT molecular complexity index is 217. The Morgan fingerprint density at radius 2 is 2.07 bits per heavy atom. The molecule has 2 N–H and O–H groups in total. The summed E-state index contributed by atoms with van der Waals surface area (Å²) in [7, 11) is 0. The van der Waals surface area contributed by atoms with Gasteiger partial charge in [-0.2, -0.15) is 0 Å². The molecule has 0 aliphatic heterocycles. The molecule has 88 valence electrons. The maximum atomic E-state index is 11.3. The Labute approximate surface area is 89.8 Å². The summed E-state index contributed by atoms with van der Waals surface area (Å²) >= 11 is 0. The van der Waals surface area contributed by atoms with Crippen LogP contribution in [0.25, 0.3) is 0 Å². The second kappa shape index (κ2) is 7.23. The molecule has 0 rings (SSSR count). The van der Waals surface area contributed by atoms with Gasteiger partial charge in [0, 0.05) is 6.92 Å². The van der Waals surface area contributed by atoms with Crippen LogP contribution in [-0.2, 0) is 14.3 Å². The number of aliphatic hydroxyl groups is 1. The molecule has 15 heavy (non-hydrogen) atoms. The van der Waals surface area contributed by atoms with Crippen LogP contribution in [-0.4, -0.2) is 36.2 Å². The van der Waals surface area contributed by atoms with Crippen molar-refractivity contribution >= 4 is 11.9 Å². The van der Waals surface area contributed by atoms with Crippen molar-refractivity contribution in [1.29, 1.82) is 0 Å². The molecule has 1 amide bonds. The fourth-order valence-corrected chi connectivity index (χ4v) is 0.919. The Morgan fingerprint density at radius 3 is 2.47 bits per heavy atom. The van der Waals surface area contributed by atoms with Crippen molar-refractivity contribution in [2.45, 2.75) is 33.2 Å². The van der Waals surface area contributed by atoms with Crippen LogP contribution < -0.4 is 5.32 Å². The van der Waals surface area contributed by atoms with Gasteiger partial charge in [-0.05, 0) is 6.42 Å². The summed E-state index contributed by atoms with van der Waals surface area (Å²) in [5.74, 6) is -0.711. The van der Waals surface area contributed by atoms with Crippen LogP contribution in [0.5, 0.6) is 0 Å². The zero-order valence-corrected chi connectivity index (χ0v) is 9.45. The summed E-state index contributed by atoms with van der Waals surface area (Å²) in [4.78, 5) is 21.9. The zero-order chi connectivity index (χ0) is 11.8. The minimum Gasteiger partial charge on any atom is -0.463 e. The van der Waals surface area contributed by atoms with E-state index in [-0.39, 0.29) is 31.0 Å². The van der Waals surface area contributed by atoms with Crippen molar-refractivity contribution in [3.8, 4) is 0 Å². The number of aliphatic hydroxyl groups excluding tert-OH is 1. The molecule has 0 spiro atoms. The predicted molar refractivity (Wildman–Crippen MR) is 55.1 cm³/mol. The van der Waals surface area contributed by atoms with E-state index in [0.29, 0.717) is 6.42 Å². The molecule has 0 fully saturated rings. The number of carbonyl (C=O) groups excluding carboxylic acids is 2. The molecular formula is C10H19NO4. The third-order valence-corrected chi connectivity index (χ3v) is 2.07. The maximum absolute atomic E-state index is 11.3. The first kappa shape index (κ1) is 13.9. The molecule has 0 aliphatic carbocycles. The zero-order valence-electron chi connectivity index (χ0n) is 9.45. The molecule has 5 nitrogen and oxygen atoms in total. The fraction of sp³-hybridized carbons (Fsp3) is 0.800. The van der Waals surface area contributed by atoms with E-state index < -0.39 is 6.04 Å². The molecule has 0 heterocycles. The Balaban J connectivity index is 3.89. The SMILES string of the molecule is CCC(C)C(=O)OCC(CO)NC(C)=O. The van der Waals surface area contributed by atoms with Gasteiger partial charge in [0.2, 0.25) is 5.91 Å². The van der Waals surface area contributed by atoms with Crippen molar-refractivity contribution in [3.05, 3.63) is 0 Å². The molecule has 0 saturated carbocycles. The van der Waals surface area contributed by atoms with Crippen LogP contribution in [0.1, 0.15) is 27.2 Å². The number of esters is 1. The second-order valence-electron chi connectivity index (χ2n) is 3.52. The standard InChI is InChI=1S/C10H19NO4/c1-4-7(2)10(14)15-6-9(5-12)11-8(3)13/h7,9,12H,4-6H2,1-3H3,(H,11,13). The van der Waals surface area contributed by atoms with Crippen LogP contribution >= 0.6 is 0 Å². The molecule has 0 aromatic carbocycles. The lowest BCUT2D eigenvalue weighted by molar-refractivity contribution is -0.149. The summed E-state index contributed by atoms with van der Waals surface area (Å²) in [5, 5.41) is 11.4. The maximum Gasteiger partial charge on any atom is 0.308 e. The molecule has 2 atom stereocenters. The van der Waals surface area contributed by atoms with Crippen molar-refractivity contribution in [2.24, 2.45) is 5.92 Å². The molecule has 0 aliphatic rings. The van der Waals surface area contributed by atoms with Crippen molar-refractivity contribution < 1.29 is 19.4 Å². The molecule has 0 aromatic rings. The minimum absolute atomic E-state index is 0.0131. The lowest BCUT2D eigenvalue weighted by Gasteiger charge is -2.16. The van der Waals surface area contributed by atoms with Gasteiger partial charge in [-0.25, -0.2) is 0 Å². The van der Waals surface area contributed by atoms with Crippen LogP contribution in [0.4, 0.5) is 0 Å². The van der Waals surface area contributed by atoms with Crippen molar-refractivity contribution in [2.75, 3.05) is 13.2 Å². The third kappa shape index (κ3) is 6.06. The topological polar surface area (TPSA) is 75.6 Å². The number of hydrogen-bond donors (Lipinski definition) is 2. The van der Waals surface area contributed by atoms with Crippen LogP contribution in [0.2, 0.25) is 0 Å². The van der Waals surface area contributed by atoms with E-state index in [0.717, 1.165) is 0 Å². The number of nitrogens with one attached hydrogen (secondary N) is 1. The first-order chi connectivity index (χ1) is 7.01. The van der Waals surface area contributed by atoms with E-state index in [9.17, 15) is 9.59 Å². The quantitative estimate of drug-likeness (QED) is 0.617. The highest BCUT2D eigenvalue weighted by Crippen LogP contribution is 2.03.